The van der Waals surface area contributed by atoms with Gasteiger partial charge in [-0.15, -0.1) is 0 Å². The Labute approximate surface area is 92.6 Å². The molecule has 2 amide bonds. The van der Waals surface area contributed by atoms with Gasteiger partial charge in [0, 0.05) is 13.1 Å². The number of piperazine rings is 1. The Hall–Kier alpha value is -1.63. The molecule has 7 nitrogen and oxygen atoms in total. The Morgan fingerprint density at radius 2 is 2.31 bits per heavy atom. The molecule has 1 fully saturated rings. The average molecular weight is 229 g/mol. The molecule has 0 aromatic rings. The van der Waals surface area contributed by atoms with Crippen LogP contribution in [0.3, 0.4) is 0 Å². The van der Waals surface area contributed by atoms with E-state index in [1.807, 2.05) is 0 Å². The van der Waals surface area contributed by atoms with Crippen LogP contribution in [0.2, 0.25) is 0 Å². The molecular weight excluding hydrogens is 214 g/mol. The van der Waals surface area contributed by atoms with Crippen LogP contribution < -0.4 is 11.1 Å². The van der Waals surface area contributed by atoms with Gasteiger partial charge in [-0.1, -0.05) is 0 Å². The summed E-state index contributed by atoms with van der Waals surface area (Å²) >= 11 is 0. The highest BCUT2D eigenvalue weighted by Gasteiger charge is 2.35. The predicted molar refractivity (Wildman–Crippen MR) is 54.4 cm³/mol. The molecule has 0 spiro atoms. The lowest BCUT2D eigenvalue weighted by Crippen LogP contribution is -2.60. The van der Waals surface area contributed by atoms with Crippen LogP contribution in [0.1, 0.15) is 13.3 Å². The van der Waals surface area contributed by atoms with Gasteiger partial charge >= 0.3 is 5.97 Å². The van der Waals surface area contributed by atoms with E-state index in [2.05, 4.69) is 5.32 Å². The largest absolute Gasteiger partial charge is 0.481 e. The van der Waals surface area contributed by atoms with Crippen molar-refractivity contribution in [1.82, 2.24) is 10.2 Å². The van der Waals surface area contributed by atoms with Gasteiger partial charge in [-0.3, -0.25) is 19.3 Å². The molecule has 0 saturated carbocycles. The fraction of sp³-hybridized carbons (Fsp3) is 0.667. The Morgan fingerprint density at radius 1 is 1.69 bits per heavy atom. The molecule has 0 aromatic carbocycles. The van der Waals surface area contributed by atoms with Crippen LogP contribution >= 0.6 is 0 Å². The van der Waals surface area contributed by atoms with Crippen LogP contribution in [0.5, 0.6) is 0 Å². The number of carbonyl (C=O) groups excluding carboxylic acids is 2. The molecule has 1 aliphatic rings. The number of aliphatic carboxylic acids is 1. The van der Waals surface area contributed by atoms with Crippen LogP contribution in [0, 0.1) is 0 Å². The summed E-state index contributed by atoms with van der Waals surface area (Å²) in [7, 11) is 0. The zero-order valence-corrected chi connectivity index (χ0v) is 8.97. The van der Waals surface area contributed by atoms with Crippen LogP contribution in [0.25, 0.3) is 0 Å². The first-order valence-corrected chi connectivity index (χ1v) is 4.98. The molecule has 7 heteroatoms. The second-order valence-electron chi connectivity index (χ2n) is 3.72. The molecular formula is C9H15N3O4. The normalized spacial score (nSPS) is 23.6. The zero-order chi connectivity index (χ0) is 12.3. The second kappa shape index (κ2) is 4.93. The standard InChI is InChI=1S/C9H15N3O4/c1-5(8(10)15)12-3-2-11-9(16)6(12)4-7(13)14/h5-6H,2-4H2,1H3,(H2,10,15)(H,11,16)(H,13,14). The highest BCUT2D eigenvalue weighted by atomic mass is 16.4. The van der Waals surface area contributed by atoms with Crippen molar-refractivity contribution >= 4 is 17.8 Å². The molecule has 1 saturated heterocycles. The topological polar surface area (TPSA) is 113 Å². The number of hydrogen-bond donors (Lipinski definition) is 3. The lowest BCUT2D eigenvalue weighted by Gasteiger charge is -2.36. The van der Waals surface area contributed by atoms with Gasteiger partial charge in [0.15, 0.2) is 0 Å². The second-order valence-corrected chi connectivity index (χ2v) is 3.72. The number of carbonyl (C=O) groups is 3. The minimum absolute atomic E-state index is 0.330. The quantitative estimate of drug-likeness (QED) is 0.523. The maximum Gasteiger partial charge on any atom is 0.305 e. The first-order valence-electron chi connectivity index (χ1n) is 4.98. The van der Waals surface area contributed by atoms with E-state index < -0.39 is 24.0 Å². The van der Waals surface area contributed by atoms with Gasteiger partial charge in [-0.05, 0) is 6.92 Å². The number of carboxylic acids is 1. The lowest BCUT2D eigenvalue weighted by atomic mass is 10.1. The van der Waals surface area contributed by atoms with Gasteiger partial charge < -0.3 is 16.2 Å². The van der Waals surface area contributed by atoms with Gasteiger partial charge in [0.05, 0.1) is 12.5 Å². The van der Waals surface area contributed by atoms with E-state index in [9.17, 15) is 14.4 Å². The maximum absolute atomic E-state index is 11.5. The molecule has 90 valence electrons. The van der Waals surface area contributed by atoms with E-state index in [4.69, 9.17) is 10.8 Å². The molecule has 0 aliphatic carbocycles. The van der Waals surface area contributed by atoms with Crippen molar-refractivity contribution in [1.29, 1.82) is 0 Å². The first-order chi connectivity index (χ1) is 7.43. The summed E-state index contributed by atoms with van der Waals surface area (Å²) < 4.78 is 0. The molecule has 1 aliphatic heterocycles. The van der Waals surface area contributed by atoms with Crippen LogP contribution in [0.15, 0.2) is 0 Å². The number of carboxylic acid groups (broad SMARTS) is 1. The van der Waals surface area contributed by atoms with Crippen molar-refractivity contribution in [3.63, 3.8) is 0 Å². The highest BCUT2D eigenvalue weighted by molar-refractivity contribution is 5.88. The van der Waals surface area contributed by atoms with E-state index in [1.165, 1.54) is 4.90 Å². The molecule has 1 heterocycles. The predicted octanol–water partition coefficient (Wildman–Crippen LogP) is -1.86. The van der Waals surface area contributed by atoms with E-state index in [1.54, 1.807) is 6.92 Å². The van der Waals surface area contributed by atoms with Crippen molar-refractivity contribution < 1.29 is 19.5 Å². The number of nitrogens with one attached hydrogen (secondary N) is 1. The lowest BCUT2D eigenvalue weighted by molar-refractivity contribution is -0.145. The monoisotopic (exact) mass is 229 g/mol. The smallest absolute Gasteiger partial charge is 0.305 e. The van der Waals surface area contributed by atoms with Gasteiger partial charge in [0.25, 0.3) is 0 Å². The van der Waals surface area contributed by atoms with Crippen LogP contribution in [0.4, 0.5) is 0 Å². The highest BCUT2D eigenvalue weighted by Crippen LogP contribution is 2.12. The minimum atomic E-state index is -1.08. The van der Waals surface area contributed by atoms with Gasteiger partial charge in [0.2, 0.25) is 11.8 Å². The maximum atomic E-state index is 11.5. The fourth-order valence-corrected chi connectivity index (χ4v) is 1.73. The van der Waals surface area contributed by atoms with Gasteiger partial charge in [-0.2, -0.15) is 0 Å². The Bertz CT molecular complexity index is 318. The number of nitrogens with zero attached hydrogens (tertiary/aromatic N) is 1. The number of hydrogen-bond acceptors (Lipinski definition) is 4. The van der Waals surface area contributed by atoms with Gasteiger partial charge in [0.1, 0.15) is 6.04 Å². The van der Waals surface area contributed by atoms with E-state index in [-0.39, 0.29) is 12.3 Å². The summed E-state index contributed by atoms with van der Waals surface area (Å²) in [5.41, 5.74) is 5.15. The van der Waals surface area contributed by atoms with E-state index >= 15 is 0 Å². The van der Waals surface area contributed by atoms with E-state index in [0.717, 1.165) is 0 Å². The molecule has 0 aromatic heterocycles. The molecule has 0 radical (unpaired) electrons. The van der Waals surface area contributed by atoms with Crippen molar-refractivity contribution in [2.24, 2.45) is 5.73 Å². The number of primary amides is 1. The molecule has 0 bridgehead atoms. The third kappa shape index (κ3) is 2.69. The number of nitrogens with two attached hydrogens (primary N) is 1. The Kier molecular flexibility index (Phi) is 3.83. The molecule has 2 atom stereocenters. The molecule has 16 heavy (non-hydrogen) atoms. The summed E-state index contributed by atoms with van der Waals surface area (Å²) in [4.78, 5) is 34.7. The Balaban J connectivity index is 2.81. The number of rotatable bonds is 4. The van der Waals surface area contributed by atoms with Crippen molar-refractivity contribution in [3.8, 4) is 0 Å². The third-order valence-corrected chi connectivity index (χ3v) is 2.65. The average Bonchev–Trinajstić information content (AvgIpc) is 2.19. The number of amides is 2. The van der Waals surface area contributed by atoms with E-state index in [0.29, 0.717) is 13.1 Å². The molecule has 4 N–H and O–H groups in total. The molecule has 1 rings (SSSR count). The summed E-state index contributed by atoms with van der Waals surface area (Å²) in [5.74, 6) is -2.02. The van der Waals surface area contributed by atoms with Crippen LogP contribution in [-0.4, -0.2) is 53.0 Å². The summed E-state index contributed by atoms with van der Waals surface area (Å²) in [5, 5.41) is 11.3. The SMILES string of the molecule is CC(C(N)=O)N1CCNC(=O)C1CC(=O)O. The first kappa shape index (κ1) is 12.4. The Morgan fingerprint density at radius 3 is 2.81 bits per heavy atom. The molecule has 2 unspecified atom stereocenters. The van der Waals surface area contributed by atoms with Crippen LogP contribution in [-0.2, 0) is 14.4 Å². The van der Waals surface area contributed by atoms with Gasteiger partial charge in [-0.25, -0.2) is 0 Å². The minimum Gasteiger partial charge on any atom is -0.481 e. The van der Waals surface area contributed by atoms with Crippen molar-refractivity contribution in [2.75, 3.05) is 13.1 Å². The summed E-state index contributed by atoms with van der Waals surface area (Å²) in [6, 6.07) is -1.47. The van der Waals surface area contributed by atoms with Crippen molar-refractivity contribution in [3.05, 3.63) is 0 Å². The zero-order valence-electron chi connectivity index (χ0n) is 8.97. The summed E-state index contributed by atoms with van der Waals surface area (Å²) in [6.07, 6.45) is -0.330. The fourth-order valence-electron chi connectivity index (χ4n) is 1.73. The summed E-state index contributed by atoms with van der Waals surface area (Å²) in [6.45, 7) is 2.39. The van der Waals surface area contributed by atoms with Crippen molar-refractivity contribution in [2.45, 2.75) is 25.4 Å². The third-order valence-electron chi connectivity index (χ3n) is 2.65.